The molecule has 62 valence electrons. The highest BCUT2D eigenvalue weighted by Crippen LogP contribution is 2.35. The Labute approximate surface area is 84.3 Å². The van der Waals surface area contributed by atoms with Crippen LogP contribution in [0.1, 0.15) is 0 Å². The van der Waals surface area contributed by atoms with Gasteiger partial charge in [0.2, 0.25) is 0 Å². The Kier molecular flexibility index (Phi) is 3.10. The summed E-state index contributed by atoms with van der Waals surface area (Å²) in [5.74, 6) is 0. The lowest BCUT2D eigenvalue weighted by Crippen LogP contribution is -1.85. The summed E-state index contributed by atoms with van der Waals surface area (Å²) in [5.41, 5.74) is 5.96. The maximum atomic E-state index is 8.40. The Balaban J connectivity index is 3.21. The predicted octanol–water partition coefficient (Wildman–Crippen LogP) is 3.15. The fraction of sp³-hybridized carbons (Fsp3) is 0. The van der Waals surface area contributed by atoms with Crippen molar-refractivity contribution in [1.82, 2.24) is 0 Å². The molecule has 0 saturated carbocycles. The van der Waals surface area contributed by atoms with Gasteiger partial charge in [0, 0.05) is 5.69 Å². The third-order valence-corrected chi connectivity index (χ3v) is 2.72. The van der Waals surface area contributed by atoms with E-state index >= 15 is 0 Å². The molecule has 0 aromatic heterocycles. The largest absolute Gasteiger partial charge is 0.399 e. The first-order chi connectivity index (χ1) is 5.65. The molecule has 0 atom stereocenters. The van der Waals surface area contributed by atoms with E-state index in [9.17, 15) is 0 Å². The van der Waals surface area contributed by atoms with Crippen LogP contribution in [0.15, 0.2) is 17.0 Å². The number of thiocyanates is 1. The van der Waals surface area contributed by atoms with Crippen LogP contribution >= 0.6 is 35.0 Å². The van der Waals surface area contributed by atoms with Crippen LogP contribution in [0.3, 0.4) is 0 Å². The number of halogens is 2. The number of nitriles is 1. The zero-order valence-corrected chi connectivity index (χ0v) is 8.17. The second kappa shape index (κ2) is 3.90. The Hall–Kier alpha value is -0.560. The zero-order valence-electron chi connectivity index (χ0n) is 5.84. The SMILES string of the molecule is N#CSc1c(Cl)cc(N)cc1Cl. The fourth-order valence-corrected chi connectivity index (χ4v) is 1.86. The summed E-state index contributed by atoms with van der Waals surface area (Å²) in [6, 6.07) is 3.13. The van der Waals surface area contributed by atoms with Crippen LogP contribution in [0.4, 0.5) is 5.69 Å². The molecule has 12 heavy (non-hydrogen) atoms. The zero-order chi connectivity index (χ0) is 9.14. The number of nitrogens with two attached hydrogens (primary N) is 1. The van der Waals surface area contributed by atoms with Gasteiger partial charge in [-0.3, -0.25) is 0 Å². The summed E-state index contributed by atoms with van der Waals surface area (Å²) in [7, 11) is 0. The molecule has 0 aliphatic rings. The van der Waals surface area contributed by atoms with E-state index in [-0.39, 0.29) is 0 Å². The molecule has 0 saturated heterocycles. The maximum Gasteiger partial charge on any atom is 0.138 e. The van der Waals surface area contributed by atoms with E-state index in [0.29, 0.717) is 20.6 Å². The normalized spacial score (nSPS) is 9.42. The molecule has 1 aromatic carbocycles. The number of hydrogen-bond acceptors (Lipinski definition) is 3. The molecule has 0 heterocycles. The number of thioether (sulfide) groups is 1. The molecule has 2 nitrogen and oxygen atoms in total. The van der Waals surface area contributed by atoms with Crippen molar-refractivity contribution in [2.24, 2.45) is 0 Å². The Morgan fingerprint density at radius 3 is 2.25 bits per heavy atom. The molecule has 0 aliphatic carbocycles. The van der Waals surface area contributed by atoms with Crippen LogP contribution in [0.5, 0.6) is 0 Å². The predicted molar refractivity (Wildman–Crippen MR) is 52.3 cm³/mol. The van der Waals surface area contributed by atoms with Gasteiger partial charge in [-0.15, -0.1) is 0 Å². The van der Waals surface area contributed by atoms with E-state index in [4.69, 9.17) is 34.2 Å². The van der Waals surface area contributed by atoms with Crippen LogP contribution in [-0.2, 0) is 0 Å². The highest BCUT2D eigenvalue weighted by Gasteiger charge is 2.06. The standard InChI is InChI=1S/C7H4Cl2N2S/c8-5-1-4(11)2-6(9)7(5)12-3-10/h1-2H,11H2. The molecule has 5 heteroatoms. The number of anilines is 1. The van der Waals surface area contributed by atoms with E-state index in [1.165, 1.54) is 0 Å². The van der Waals surface area contributed by atoms with E-state index in [0.717, 1.165) is 11.8 Å². The number of rotatable bonds is 1. The molecule has 0 radical (unpaired) electrons. The van der Waals surface area contributed by atoms with Crippen molar-refractivity contribution >= 4 is 40.7 Å². The highest BCUT2D eigenvalue weighted by atomic mass is 35.5. The number of nitrogen functional groups attached to an aromatic ring is 1. The molecule has 0 fully saturated rings. The molecular formula is C7H4Cl2N2S. The highest BCUT2D eigenvalue weighted by molar-refractivity contribution is 8.04. The molecule has 1 aromatic rings. The van der Waals surface area contributed by atoms with Crippen LogP contribution in [0.25, 0.3) is 0 Å². The first-order valence-corrected chi connectivity index (χ1v) is 4.53. The number of nitrogens with zero attached hydrogens (tertiary/aromatic N) is 1. The van der Waals surface area contributed by atoms with Gasteiger partial charge < -0.3 is 5.73 Å². The molecule has 0 amide bonds. The second-order valence-electron chi connectivity index (χ2n) is 2.01. The monoisotopic (exact) mass is 218 g/mol. The van der Waals surface area contributed by atoms with Crippen molar-refractivity contribution in [3.05, 3.63) is 22.2 Å². The molecule has 0 aliphatic heterocycles. The topological polar surface area (TPSA) is 49.8 Å². The summed E-state index contributed by atoms with van der Waals surface area (Å²) >= 11 is 12.5. The van der Waals surface area contributed by atoms with Crippen LogP contribution in [0.2, 0.25) is 10.0 Å². The minimum absolute atomic E-state index is 0.409. The lowest BCUT2D eigenvalue weighted by molar-refractivity contribution is 1.46. The van der Waals surface area contributed by atoms with Crippen molar-refractivity contribution in [2.75, 3.05) is 5.73 Å². The average molecular weight is 219 g/mol. The molecule has 0 spiro atoms. The summed E-state index contributed by atoms with van der Waals surface area (Å²) < 4.78 is 0. The molecule has 0 unspecified atom stereocenters. The molecule has 1 rings (SSSR count). The van der Waals surface area contributed by atoms with E-state index < -0.39 is 0 Å². The van der Waals surface area contributed by atoms with Crippen molar-refractivity contribution in [3.63, 3.8) is 0 Å². The lowest BCUT2D eigenvalue weighted by Gasteiger charge is -2.02. The maximum absolute atomic E-state index is 8.40. The van der Waals surface area contributed by atoms with Gasteiger partial charge in [0.1, 0.15) is 5.40 Å². The van der Waals surface area contributed by atoms with Gasteiger partial charge in [-0.2, -0.15) is 5.26 Å². The van der Waals surface area contributed by atoms with Crippen molar-refractivity contribution in [1.29, 1.82) is 5.26 Å². The lowest BCUT2D eigenvalue weighted by atomic mass is 10.3. The van der Waals surface area contributed by atoms with E-state index in [2.05, 4.69) is 0 Å². The van der Waals surface area contributed by atoms with Crippen LogP contribution < -0.4 is 5.73 Å². The summed E-state index contributed by atoms with van der Waals surface area (Å²) in [6.07, 6.45) is 0. The van der Waals surface area contributed by atoms with Crippen LogP contribution in [0, 0.1) is 10.7 Å². The second-order valence-corrected chi connectivity index (χ2v) is 3.62. The van der Waals surface area contributed by atoms with Crippen molar-refractivity contribution in [2.45, 2.75) is 4.90 Å². The average Bonchev–Trinajstić information content (AvgIpc) is 1.96. The first kappa shape index (κ1) is 9.53. The van der Waals surface area contributed by atoms with Crippen LogP contribution in [-0.4, -0.2) is 0 Å². The summed E-state index contributed by atoms with van der Waals surface area (Å²) in [6.45, 7) is 0. The van der Waals surface area contributed by atoms with Crippen molar-refractivity contribution in [3.8, 4) is 5.40 Å². The third kappa shape index (κ3) is 1.98. The van der Waals surface area contributed by atoms with E-state index in [1.54, 1.807) is 12.1 Å². The van der Waals surface area contributed by atoms with Gasteiger partial charge in [0.25, 0.3) is 0 Å². The molecular weight excluding hydrogens is 215 g/mol. The summed E-state index contributed by atoms with van der Waals surface area (Å²) in [4.78, 5) is 0.551. The minimum Gasteiger partial charge on any atom is -0.399 e. The Morgan fingerprint density at radius 1 is 1.33 bits per heavy atom. The third-order valence-electron chi connectivity index (χ3n) is 1.17. The Bertz CT molecular complexity index is 323. The van der Waals surface area contributed by atoms with Gasteiger partial charge >= 0.3 is 0 Å². The van der Waals surface area contributed by atoms with Gasteiger partial charge in [-0.05, 0) is 23.9 Å². The Morgan fingerprint density at radius 2 is 1.83 bits per heavy atom. The minimum atomic E-state index is 0.409. The summed E-state index contributed by atoms with van der Waals surface area (Å²) in [5, 5.41) is 11.1. The number of benzene rings is 1. The first-order valence-electron chi connectivity index (χ1n) is 2.95. The molecule has 2 N–H and O–H groups in total. The van der Waals surface area contributed by atoms with Gasteiger partial charge in [0.15, 0.2) is 0 Å². The van der Waals surface area contributed by atoms with Gasteiger partial charge in [-0.1, -0.05) is 23.2 Å². The van der Waals surface area contributed by atoms with E-state index in [1.807, 2.05) is 5.40 Å². The number of hydrogen-bond donors (Lipinski definition) is 1. The quantitative estimate of drug-likeness (QED) is 0.448. The van der Waals surface area contributed by atoms with Gasteiger partial charge in [-0.25, -0.2) is 0 Å². The van der Waals surface area contributed by atoms with Crippen molar-refractivity contribution < 1.29 is 0 Å². The van der Waals surface area contributed by atoms with Gasteiger partial charge in [0.05, 0.1) is 14.9 Å². The molecule has 0 bridgehead atoms. The smallest absolute Gasteiger partial charge is 0.138 e. The fourth-order valence-electron chi connectivity index (χ4n) is 0.723.